The van der Waals surface area contributed by atoms with Crippen LogP contribution in [0, 0.1) is 5.51 Å². The van der Waals surface area contributed by atoms with E-state index in [9.17, 15) is 0 Å². The molecule has 0 saturated carbocycles. The predicted octanol–water partition coefficient (Wildman–Crippen LogP) is -0.267. The Labute approximate surface area is 32.8 Å². The van der Waals surface area contributed by atoms with E-state index < -0.39 is 0 Å². The first-order chi connectivity index (χ1) is 2.50. The molecule has 0 aliphatic carbocycles. The second kappa shape index (κ2) is 1.07. The Morgan fingerprint density at radius 3 is 2.80 bits per heavy atom. The van der Waals surface area contributed by atoms with Crippen LogP contribution in [0.1, 0.15) is 0 Å². The number of nitrogens with zero attached hydrogens (tertiary/aromatic N) is 3. The summed E-state index contributed by atoms with van der Waals surface area (Å²) >= 11 is 1.12. The van der Waals surface area contributed by atoms with Gasteiger partial charge in [0.15, 0.2) is 5.51 Å². The zero-order valence-electron chi connectivity index (χ0n) is 2.25. The Bertz CT molecular complexity index is 63.4. The monoisotopic (exact) mass is 86.0 g/mol. The summed E-state index contributed by atoms with van der Waals surface area (Å²) < 4.78 is 3.35. The second-order valence-electron chi connectivity index (χ2n) is 0.454. The van der Waals surface area contributed by atoms with Gasteiger partial charge in [0.1, 0.15) is 0 Å². The van der Waals surface area contributed by atoms with Gasteiger partial charge in [-0.2, -0.15) is 0 Å². The zero-order chi connectivity index (χ0) is 3.54. The molecule has 0 fully saturated rings. The normalized spacial score (nSPS) is 8.00. The molecule has 1 aromatic heterocycles. The summed E-state index contributed by atoms with van der Waals surface area (Å²) in [6.07, 6.45) is 0. The maximum Gasteiger partial charge on any atom is 0.200 e. The minimum Gasteiger partial charge on any atom is -0.114 e. The molecule has 0 unspecified atom stereocenters. The second-order valence-corrected chi connectivity index (χ2v) is 0.982. The third-order valence-corrected chi connectivity index (χ3v) is 0.522. The molecule has 0 aliphatic rings. The van der Waals surface area contributed by atoms with E-state index in [1.54, 1.807) is 0 Å². The molecule has 1 aromatic rings. The molecule has 25 valence electrons. The van der Waals surface area contributed by atoms with Gasteiger partial charge in [-0.3, -0.25) is 0 Å². The average Bonchev–Trinajstić information content (AvgIpc) is 1.76. The zero-order valence-corrected chi connectivity index (χ0v) is 3.07. The van der Waals surface area contributed by atoms with E-state index in [4.69, 9.17) is 0 Å². The molecule has 0 bridgehead atoms. The fraction of sp³-hybridized carbons (Fsp3) is 0. The summed E-state index contributed by atoms with van der Waals surface area (Å²) in [6, 6.07) is 0. The molecule has 0 amide bonds. The summed E-state index contributed by atoms with van der Waals surface area (Å²) in [5, 5.41) is 6.44. The quantitative estimate of drug-likeness (QED) is 0.436. The van der Waals surface area contributed by atoms with Crippen molar-refractivity contribution >= 4 is 11.5 Å². The molecule has 4 heteroatoms. The van der Waals surface area contributed by atoms with E-state index in [1.807, 2.05) is 0 Å². The number of hydrogen-bond donors (Lipinski definition) is 0. The van der Waals surface area contributed by atoms with Gasteiger partial charge in [0, 0.05) is 11.5 Å². The SMILES string of the molecule is [c]1nnns1. The maximum absolute atomic E-state index is 3.35. The highest BCUT2D eigenvalue weighted by molar-refractivity contribution is 7.02. The molecule has 1 heterocycles. The van der Waals surface area contributed by atoms with Crippen molar-refractivity contribution in [1.29, 1.82) is 0 Å². The van der Waals surface area contributed by atoms with Gasteiger partial charge in [-0.1, -0.05) is 4.49 Å². The van der Waals surface area contributed by atoms with Crippen LogP contribution in [0.2, 0.25) is 0 Å². The van der Waals surface area contributed by atoms with Crippen LogP contribution in [0.4, 0.5) is 0 Å². The van der Waals surface area contributed by atoms with Crippen LogP contribution >= 0.6 is 11.5 Å². The number of aromatic nitrogens is 3. The van der Waals surface area contributed by atoms with Crippen molar-refractivity contribution in [3.63, 3.8) is 0 Å². The highest BCUT2D eigenvalue weighted by Crippen LogP contribution is 1.70. The molecular weight excluding hydrogens is 86.1 g/mol. The van der Waals surface area contributed by atoms with Crippen molar-refractivity contribution in [2.75, 3.05) is 0 Å². The van der Waals surface area contributed by atoms with Gasteiger partial charge in [-0.05, 0) is 5.21 Å². The fourth-order valence-corrected chi connectivity index (χ4v) is 0.274. The Balaban J connectivity index is 3.13. The summed E-state index contributed by atoms with van der Waals surface area (Å²) in [7, 11) is 0. The molecule has 0 saturated heterocycles. The Morgan fingerprint density at radius 1 is 1.60 bits per heavy atom. The van der Waals surface area contributed by atoms with Crippen molar-refractivity contribution in [1.82, 2.24) is 14.8 Å². The van der Waals surface area contributed by atoms with E-state index >= 15 is 0 Å². The van der Waals surface area contributed by atoms with E-state index in [-0.39, 0.29) is 0 Å². The molecule has 1 radical (unpaired) electrons. The minimum atomic E-state index is 1.12. The van der Waals surface area contributed by atoms with Gasteiger partial charge in [0.05, 0.1) is 0 Å². The summed E-state index contributed by atoms with van der Waals surface area (Å²) in [5.74, 6) is 0. The molecule has 0 aliphatic heterocycles. The maximum atomic E-state index is 3.35. The highest BCUT2D eigenvalue weighted by Gasteiger charge is 1.64. The average molecular weight is 86.1 g/mol. The van der Waals surface area contributed by atoms with E-state index in [0.29, 0.717) is 0 Å². The van der Waals surface area contributed by atoms with Crippen LogP contribution in [0.3, 0.4) is 0 Å². The molecule has 1 rings (SSSR count). The van der Waals surface area contributed by atoms with Crippen LogP contribution < -0.4 is 0 Å². The Morgan fingerprint density at radius 2 is 2.60 bits per heavy atom. The third-order valence-electron chi connectivity index (χ3n) is 0.204. The highest BCUT2D eigenvalue weighted by atomic mass is 32.1. The largest absolute Gasteiger partial charge is 0.200 e. The summed E-state index contributed by atoms with van der Waals surface area (Å²) in [6.45, 7) is 0. The van der Waals surface area contributed by atoms with Crippen molar-refractivity contribution in [3.8, 4) is 0 Å². The van der Waals surface area contributed by atoms with Crippen molar-refractivity contribution in [3.05, 3.63) is 5.51 Å². The first-order valence-electron chi connectivity index (χ1n) is 1.01. The smallest absolute Gasteiger partial charge is 0.114 e. The molecule has 0 N–H and O–H groups in total. The van der Waals surface area contributed by atoms with Crippen LogP contribution in [-0.4, -0.2) is 14.8 Å². The standard InChI is InChI=1S/CN3S/c1-2-3-4-5-1. The minimum absolute atomic E-state index is 1.12. The summed E-state index contributed by atoms with van der Waals surface area (Å²) in [5.41, 5.74) is 2.43. The molecule has 0 spiro atoms. The van der Waals surface area contributed by atoms with Crippen LogP contribution in [0.15, 0.2) is 0 Å². The van der Waals surface area contributed by atoms with Crippen molar-refractivity contribution in [2.24, 2.45) is 0 Å². The van der Waals surface area contributed by atoms with Gasteiger partial charge in [-0.15, -0.1) is 5.10 Å². The van der Waals surface area contributed by atoms with Gasteiger partial charge in [0.25, 0.3) is 0 Å². The summed E-state index contributed by atoms with van der Waals surface area (Å²) in [4.78, 5) is 0. The molecule has 5 heavy (non-hydrogen) atoms. The van der Waals surface area contributed by atoms with Gasteiger partial charge >= 0.3 is 0 Å². The van der Waals surface area contributed by atoms with Crippen LogP contribution in [0.5, 0.6) is 0 Å². The number of hydrogen-bond acceptors (Lipinski definition) is 4. The first kappa shape index (κ1) is 2.71. The van der Waals surface area contributed by atoms with Gasteiger partial charge in [-0.25, -0.2) is 0 Å². The number of rotatable bonds is 0. The van der Waals surface area contributed by atoms with Gasteiger partial charge in [0.2, 0.25) is 0 Å². The lowest BCUT2D eigenvalue weighted by Gasteiger charge is -1.38. The van der Waals surface area contributed by atoms with E-state index in [1.165, 1.54) is 0 Å². The van der Waals surface area contributed by atoms with Crippen molar-refractivity contribution in [2.45, 2.75) is 0 Å². The topological polar surface area (TPSA) is 38.7 Å². The first-order valence-corrected chi connectivity index (χ1v) is 1.78. The van der Waals surface area contributed by atoms with E-state index in [2.05, 4.69) is 20.3 Å². The van der Waals surface area contributed by atoms with Crippen LogP contribution in [0.25, 0.3) is 0 Å². The van der Waals surface area contributed by atoms with Crippen LogP contribution in [-0.2, 0) is 0 Å². The van der Waals surface area contributed by atoms with Crippen molar-refractivity contribution < 1.29 is 0 Å². The lowest BCUT2D eigenvalue weighted by atomic mass is 11.7. The third kappa shape index (κ3) is 0.384. The molecule has 3 nitrogen and oxygen atoms in total. The Hall–Kier alpha value is -0.510. The molecule has 0 aromatic carbocycles. The Kier molecular flexibility index (Phi) is 0.582. The predicted molar refractivity (Wildman–Crippen MR) is 16.5 cm³/mol. The van der Waals surface area contributed by atoms with E-state index in [0.717, 1.165) is 11.5 Å². The molecule has 0 atom stereocenters. The van der Waals surface area contributed by atoms with Gasteiger partial charge < -0.3 is 0 Å². The lowest BCUT2D eigenvalue weighted by Crippen LogP contribution is -1.61. The molecular formula is CN3S. The fourth-order valence-electron chi connectivity index (χ4n) is 0.0913. The lowest BCUT2D eigenvalue weighted by molar-refractivity contribution is 0.955.